The van der Waals surface area contributed by atoms with E-state index in [4.69, 9.17) is 14.7 Å². The Balaban J connectivity index is 1.29. The molecule has 1 fully saturated rings. The number of rotatable bonds is 11. The Bertz CT molecular complexity index is 2180. The molecule has 8 bridgehead atoms. The van der Waals surface area contributed by atoms with Gasteiger partial charge in [-0.15, -0.1) is 11.8 Å². The fourth-order valence-corrected chi connectivity index (χ4v) is 8.70. The van der Waals surface area contributed by atoms with Crippen molar-refractivity contribution < 1.29 is 30.0 Å². The Kier molecular flexibility index (Phi) is 12.0. The van der Waals surface area contributed by atoms with Crippen LogP contribution in [0.3, 0.4) is 0 Å². The third-order valence-corrected chi connectivity index (χ3v) is 12.4. The van der Waals surface area contributed by atoms with Crippen molar-refractivity contribution in [2.24, 2.45) is 0 Å². The predicted octanol–water partition coefficient (Wildman–Crippen LogP) is 6.01. The van der Waals surface area contributed by atoms with E-state index in [-0.39, 0.29) is 5.91 Å². The van der Waals surface area contributed by atoms with Crippen LogP contribution in [0.5, 0.6) is 0 Å². The van der Waals surface area contributed by atoms with E-state index in [1.165, 1.54) is 22.9 Å². The first-order chi connectivity index (χ1) is 25.8. The monoisotopic (exact) mass is 755 g/mol. The number of amides is 1. The second kappa shape index (κ2) is 16.4. The highest BCUT2D eigenvalue weighted by molar-refractivity contribution is 7.99. The average molecular weight is 756 g/mol. The molecule has 0 spiro atoms. The van der Waals surface area contributed by atoms with Crippen LogP contribution in [0.2, 0.25) is 0 Å². The highest BCUT2D eigenvalue weighted by atomic mass is 32.2. The van der Waals surface area contributed by atoms with Crippen LogP contribution >= 0.6 is 11.8 Å². The number of carbonyl (C=O) groups excluding carboxylic acids is 1. The maximum Gasteiger partial charge on any atom is 0.222 e. The van der Waals surface area contributed by atoms with E-state index < -0.39 is 36.5 Å². The molecule has 11 nitrogen and oxygen atoms in total. The Morgan fingerprint density at radius 1 is 0.907 bits per heavy atom. The maximum atomic E-state index is 13.5. The van der Waals surface area contributed by atoms with Crippen LogP contribution in [0, 0.1) is 20.8 Å². The van der Waals surface area contributed by atoms with Crippen molar-refractivity contribution in [3.63, 3.8) is 0 Å². The van der Waals surface area contributed by atoms with Crippen molar-refractivity contribution >= 4 is 62.0 Å². The number of hydrogen-bond acceptors (Lipinski definition) is 9. The predicted molar refractivity (Wildman–Crippen MR) is 217 cm³/mol. The molecule has 6 heterocycles. The number of aliphatic hydroxyl groups is 4. The van der Waals surface area contributed by atoms with Crippen LogP contribution in [-0.2, 0) is 16.0 Å². The van der Waals surface area contributed by atoms with Crippen LogP contribution in [0.4, 0.5) is 0 Å². The lowest BCUT2D eigenvalue weighted by atomic mass is 9.98. The number of fused-ring (bicyclic) bond motifs is 8. The minimum atomic E-state index is -1.40. The molecule has 12 heteroatoms. The zero-order valence-corrected chi connectivity index (χ0v) is 33.1. The van der Waals surface area contributed by atoms with Gasteiger partial charge in [-0.3, -0.25) is 4.79 Å². The Hall–Kier alpha value is -4.04. The summed E-state index contributed by atoms with van der Waals surface area (Å²) in [6.07, 6.45) is -0.820. The number of nitrogens with zero attached hydrogens (tertiary/aromatic N) is 3. The first kappa shape index (κ1) is 39.6. The van der Waals surface area contributed by atoms with E-state index in [0.29, 0.717) is 31.6 Å². The fourth-order valence-electron chi connectivity index (χ4n) is 7.59. The van der Waals surface area contributed by atoms with Gasteiger partial charge in [0.25, 0.3) is 0 Å². The quantitative estimate of drug-likeness (QED) is 0.129. The molecule has 0 aliphatic carbocycles. The van der Waals surface area contributed by atoms with Crippen LogP contribution in [0.1, 0.15) is 85.1 Å². The number of nitrogens with one attached hydrogen (secondary N) is 2. The number of allylic oxidation sites excluding steroid dienone is 5. The van der Waals surface area contributed by atoms with Gasteiger partial charge in [-0.1, -0.05) is 19.6 Å². The SMILES string of the molecule is C=CC1=C(C)c2cc3nc(c(C)c4cc(C)c(cc5[nH]c(cc1n2)c(C)c5CC)[nH]4)C(CCC(=O)N(C)CCCS[C@@H]1O[C@H](CO)[C@@H](O)[C@H](O)[C@@H]1O)=C3C. The fraction of sp³-hybridized carbons (Fsp3) is 0.452. The molecule has 0 saturated carbocycles. The van der Waals surface area contributed by atoms with Crippen LogP contribution < -0.4 is 0 Å². The summed E-state index contributed by atoms with van der Waals surface area (Å²) in [5, 5.41) is 40.0. The first-order valence-electron chi connectivity index (χ1n) is 18.7. The number of aromatic amines is 2. The summed E-state index contributed by atoms with van der Waals surface area (Å²) in [5.74, 6) is 0.552. The largest absolute Gasteiger partial charge is 0.394 e. The number of thioether (sulfide) groups is 1. The molecule has 1 saturated heterocycles. The molecule has 3 aromatic heterocycles. The maximum absolute atomic E-state index is 13.5. The Morgan fingerprint density at radius 2 is 1.61 bits per heavy atom. The third-order valence-electron chi connectivity index (χ3n) is 11.1. The van der Waals surface area contributed by atoms with Crippen molar-refractivity contribution in [2.45, 2.75) is 97.1 Å². The van der Waals surface area contributed by atoms with Gasteiger partial charge >= 0.3 is 0 Å². The van der Waals surface area contributed by atoms with E-state index in [1.54, 1.807) is 11.9 Å². The highest BCUT2D eigenvalue weighted by Crippen LogP contribution is 2.38. The molecule has 6 N–H and O–H groups in total. The third kappa shape index (κ3) is 7.60. The van der Waals surface area contributed by atoms with E-state index in [9.17, 15) is 25.2 Å². The topological polar surface area (TPSA) is 168 Å². The lowest BCUT2D eigenvalue weighted by Gasteiger charge is -2.39. The molecule has 288 valence electrons. The molecule has 1 amide bonds. The highest BCUT2D eigenvalue weighted by Gasteiger charge is 2.43. The molecule has 0 aromatic carbocycles. The summed E-state index contributed by atoms with van der Waals surface area (Å²) in [6.45, 7) is 16.8. The summed E-state index contributed by atoms with van der Waals surface area (Å²) in [4.78, 5) is 32.8. The van der Waals surface area contributed by atoms with Crippen LogP contribution in [0.15, 0.2) is 36.9 Å². The van der Waals surface area contributed by atoms with Gasteiger partial charge in [0.05, 0.1) is 29.4 Å². The number of aryl methyl sites for hydroxylation is 4. The molecule has 3 aliphatic rings. The molecular weight excluding hydrogens is 703 g/mol. The van der Waals surface area contributed by atoms with Crippen molar-refractivity contribution in [3.05, 3.63) is 81.9 Å². The van der Waals surface area contributed by atoms with Gasteiger partial charge in [0, 0.05) is 47.7 Å². The van der Waals surface area contributed by atoms with Gasteiger partial charge in [-0.2, -0.15) is 0 Å². The van der Waals surface area contributed by atoms with Crippen molar-refractivity contribution in [3.8, 4) is 0 Å². The average Bonchev–Trinajstić information content (AvgIpc) is 3.86. The summed E-state index contributed by atoms with van der Waals surface area (Å²) < 4.78 is 5.60. The molecule has 3 aromatic rings. The van der Waals surface area contributed by atoms with Gasteiger partial charge in [-0.05, 0) is 123 Å². The first-order valence-corrected chi connectivity index (χ1v) is 19.7. The summed E-state index contributed by atoms with van der Waals surface area (Å²) >= 11 is 1.29. The number of ether oxygens (including phenoxy) is 1. The van der Waals surface area contributed by atoms with Crippen LogP contribution in [-0.4, -0.2) is 107 Å². The van der Waals surface area contributed by atoms with Crippen molar-refractivity contribution in [1.29, 1.82) is 0 Å². The molecule has 5 atom stereocenters. The molecule has 6 rings (SSSR count). The van der Waals surface area contributed by atoms with E-state index >= 15 is 0 Å². The molecule has 0 unspecified atom stereocenters. The van der Waals surface area contributed by atoms with Crippen molar-refractivity contribution in [1.82, 2.24) is 24.8 Å². The molecular formula is C42H53N5O6S. The molecule has 3 aliphatic heterocycles. The van der Waals surface area contributed by atoms with Gasteiger partial charge < -0.3 is 40.0 Å². The summed E-state index contributed by atoms with van der Waals surface area (Å²) in [6, 6.07) is 8.51. The number of hydrogen-bond donors (Lipinski definition) is 6. The Morgan fingerprint density at radius 3 is 2.31 bits per heavy atom. The van der Waals surface area contributed by atoms with Gasteiger partial charge in [0.2, 0.25) is 5.91 Å². The Labute approximate surface area is 320 Å². The van der Waals surface area contributed by atoms with Crippen LogP contribution in [0.25, 0.3) is 44.4 Å². The standard InChI is InChI=1S/C42H53N5O6S/c1-9-26-23(5)32-19-35-27(10-2)22(4)31(44-35)18-33-24(6)28(38(46-33)25(7)30-16-21(3)29(43-30)17-34(26)45-32)12-13-37(49)47(8)14-11-15-54-42-41(52)40(51)39(50)36(20-48)53-42/h10,16-19,36,39-43,45,48,50-52H,2,9,11-15,20H2,1,3-8H3/t36-,39-,40+,41+,42+/m1/s1. The summed E-state index contributed by atoms with van der Waals surface area (Å²) in [7, 11) is 1.79. The zero-order chi connectivity index (χ0) is 39.0. The lowest BCUT2D eigenvalue weighted by molar-refractivity contribution is -0.205. The zero-order valence-electron chi connectivity index (χ0n) is 32.3. The lowest BCUT2D eigenvalue weighted by Crippen LogP contribution is -2.57. The van der Waals surface area contributed by atoms with E-state index in [0.717, 1.165) is 84.7 Å². The minimum absolute atomic E-state index is 0.00470. The van der Waals surface area contributed by atoms with E-state index in [2.05, 4.69) is 76.3 Å². The number of aromatic nitrogens is 4. The summed E-state index contributed by atoms with van der Waals surface area (Å²) in [5.41, 5.74) is 15.3. The number of aliphatic hydroxyl groups excluding tert-OH is 4. The second-order valence-electron chi connectivity index (χ2n) is 14.6. The normalized spacial score (nSPS) is 21.6. The van der Waals surface area contributed by atoms with Gasteiger partial charge in [0.1, 0.15) is 29.9 Å². The molecule has 54 heavy (non-hydrogen) atoms. The van der Waals surface area contributed by atoms with Gasteiger partial charge in [-0.25, -0.2) is 9.97 Å². The second-order valence-corrected chi connectivity index (χ2v) is 15.8. The molecule has 0 radical (unpaired) electrons. The minimum Gasteiger partial charge on any atom is -0.394 e. The number of H-pyrrole nitrogens is 2. The number of carbonyl (C=O) groups is 1. The van der Waals surface area contributed by atoms with Crippen molar-refractivity contribution in [2.75, 3.05) is 26.0 Å². The smallest absolute Gasteiger partial charge is 0.222 e. The van der Waals surface area contributed by atoms with E-state index in [1.807, 2.05) is 12.1 Å². The van der Waals surface area contributed by atoms with Gasteiger partial charge in [0.15, 0.2) is 0 Å².